The molecule has 1 aliphatic heterocycles. The highest BCUT2D eigenvalue weighted by atomic mass is 35.5. The number of nitrogen functional groups attached to an aromatic ring is 1. The molecule has 33 heavy (non-hydrogen) atoms. The molecule has 1 unspecified atom stereocenters. The number of nitrogens with two attached hydrogens (primary N) is 1. The Morgan fingerprint density at radius 2 is 1.97 bits per heavy atom. The smallest absolute Gasteiger partial charge is 0.311 e. The number of likely N-dealkylation sites (tertiary alicyclic amines) is 1. The van der Waals surface area contributed by atoms with Crippen molar-refractivity contribution in [1.82, 2.24) is 4.90 Å². The van der Waals surface area contributed by atoms with Crippen LogP contribution >= 0.6 is 12.4 Å². The van der Waals surface area contributed by atoms with Gasteiger partial charge < -0.3 is 24.9 Å². The van der Waals surface area contributed by atoms with Crippen LogP contribution in [-0.4, -0.2) is 46.9 Å². The monoisotopic (exact) mass is 471 g/mol. The number of carbonyl (C=O) groups excluding carboxylic acids is 1. The van der Waals surface area contributed by atoms with Gasteiger partial charge in [-0.15, -0.1) is 12.4 Å². The summed E-state index contributed by atoms with van der Waals surface area (Å²) in [5.74, 6) is -0.531. The zero-order valence-electron chi connectivity index (χ0n) is 18.1. The Balaban J connectivity index is 0.00000306. The van der Waals surface area contributed by atoms with Crippen LogP contribution in [0.15, 0.2) is 52.9 Å². The van der Waals surface area contributed by atoms with Crippen molar-refractivity contribution >= 4 is 41.1 Å². The second-order valence-corrected chi connectivity index (χ2v) is 8.04. The van der Waals surface area contributed by atoms with Crippen molar-refractivity contribution in [2.45, 2.75) is 31.8 Å². The number of carboxylic acids is 1. The van der Waals surface area contributed by atoms with Gasteiger partial charge in [-0.2, -0.15) is 0 Å². The average molecular weight is 472 g/mol. The summed E-state index contributed by atoms with van der Waals surface area (Å²) in [7, 11) is 0. The lowest BCUT2D eigenvalue weighted by molar-refractivity contribution is -0.138. The number of rotatable bonds is 7. The molecule has 0 spiro atoms. The normalized spacial score (nSPS) is 16.3. The third-order valence-electron chi connectivity index (χ3n) is 5.76. The van der Waals surface area contributed by atoms with Crippen LogP contribution in [0.4, 0.5) is 0 Å². The van der Waals surface area contributed by atoms with Gasteiger partial charge in [0.15, 0.2) is 0 Å². The van der Waals surface area contributed by atoms with Crippen LogP contribution in [0.25, 0.3) is 11.0 Å². The van der Waals surface area contributed by atoms with Crippen molar-refractivity contribution < 1.29 is 23.8 Å². The lowest BCUT2D eigenvalue weighted by Crippen LogP contribution is -2.28. The SMILES string of the molecule is CC(=O)N1CC[C@H](Oc2ccc(C(Cc3cc4cc(C(=N)N)ccc4o3)C(=O)O)cc2)C1.Cl. The van der Waals surface area contributed by atoms with Crippen LogP contribution in [0.2, 0.25) is 0 Å². The van der Waals surface area contributed by atoms with Crippen LogP contribution in [-0.2, 0) is 16.0 Å². The fraction of sp³-hybridized carbons (Fsp3) is 0.292. The standard InChI is InChI=1S/C24H25N3O5.ClH/c1-14(28)27-9-8-19(13-27)31-18-5-2-15(3-6-18)21(24(29)30)12-20-11-17-10-16(23(25)26)4-7-22(17)32-20;/h2-7,10-11,19,21H,8-9,12-13H2,1H3,(H3,25,26)(H,29,30);1H/t19-,21?;/m0./s1. The zero-order valence-corrected chi connectivity index (χ0v) is 18.9. The summed E-state index contributed by atoms with van der Waals surface area (Å²) in [6.45, 7) is 2.80. The number of amides is 1. The summed E-state index contributed by atoms with van der Waals surface area (Å²) in [4.78, 5) is 25.2. The number of carboxylic acid groups (broad SMARTS) is 1. The first kappa shape index (κ1) is 24.1. The van der Waals surface area contributed by atoms with Gasteiger partial charge in [-0.05, 0) is 42.0 Å². The predicted octanol–water partition coefficient (Wildman–Crippen LogP) is 3.55. The van der Waals surface area contributed by atoms with E-state index in [4.69, 9.17) is 20.3 Å². The molecule has 2 aromatic carbocycles. The summed E-state index contributed by atoms with van der Waals surface area (Å²) in [5.41, 5.74) is 7.39. The molecule has 9 heteroatoms. The lowest BCUT2D eigenvalue weighted by Gasteiger charge is -2.16. The molecule has 1 aliphatic rings. The van der Waals surface area contributed by atoms with E-state index in [-0.39, 0.29) is 36.7 Å². The van der Waals surface area contributed by atoms with Crippen LogP contribution in [0, 0.1) is 5.41 Å². The van der Waals surface area contributed by atoms with Crippen LogP contribution in [0.5, 0.6) is 5.75 Å². The summed E-state index contributed by atoms with van der Waals surface area (Å²) >= 11 is 0. The summed E-state index contributed by atoms with van der Waals surface area (Å²) in [6.07, 6.45) is 0.905. The lowest BCUT2D eigenvalue weighted by atomic mass is 9.94. The average Bonchev–Trinajstić information content (AvgIpc) is 3.38. The minimum atomic E-state index is -0.948. The molecule has 0 bridgehead atoms. The molecule has 1 amide bonds. The molecule has 1 saturated heterocycles. The first-order valence-corrected chi connectivity index (χ1v) is 10.4. The van der Waals surface area contributed by atoms with Crippen molar-refractivity contribution in [2.24, 2.45) is 5.73 Å². The van der Waals surface area contributed by atoms with Gasteiger partial charge >= 0.3 is 5.97 Å². The quantitative estimate of drug-likeness (QED) is 0.357. The van der Waals surface area contributed by atoms with E-state index in [2.05, 4.69) is 0 Å². The van der Waals surface area contributed by atoms with Gasteiger partial charge in [-0.3, -0.25) is 15.0 Å². The number of fused-ring (bicyclic) bond motifs is 1. The fourth-order valence-corrected chi connectivity index (χ4v) is 4.00. The topological polar surface area (TPSA) is 130 Å². The van der Waals surface area contributed by atoms with Crippen molar-refractivity contribution in [3.05, 3.63) is 65.4 Å². The summed E-state index contributed by atoms with van der Waals surface area (Å²) in [6, 6.07) is 14.0. The van der Waals surface area contributed by atoms with Crippen molar-refractivity contribution in [3.63, 3.8) is 0 Å². The molecule has 4 rings (SSSR count). The minimum absolute atomic E-state index is 0. The van der Waals surface area contributed by atoms with Gasteiger partial charge in [0, 0.05) is 37.3 Å². The molecule has 0 radical (unpaired) electrons. The number of hydrogen-bond donors (Lipinski definition) is 3. The van der Waals surface area contributed by atoms with Gasteiger partial charge in [-0.25, -0.2) is 0 Å². The van der Waals surface area contributed by atoms with E-state index in [0.29, 0.717) is 41.3 Å². The van der Waals surface area contributed by atoms with Gasteiger partial charge in [0.1, 0.15) is 29.0 Å². The molecular formula is C24H26ClN3O5. The second-order valence-electron chi connectivity index (χ2n) is 8.04. The predicted molar refractivity (Wildman–Crippen MR) is 126 cm³/mol. The highest BCUT2D eigenvalue weighted by molar-refractivity contribution is 5.98. The molecule has 8 nitrogen and oxygen atoms in total. The number of ether oxygens (including phenoxy) is 1. The van der Waals surface area contributed by atoms with Crippen molar-refractivity contribution in [3.8, 4) is 5.75 Å². The largest absolute Gasteiger partial charge is 0.489 e. The number of amidine groups is 1. The highest BCUT2D eigenvalue weighted by Crippen LogP contribution is 2.28. The Morgan fingerprint density at radius 1 is 1.24 bits per heavy atom. The first-order chi connectivity index (χ1) is 15.3. The second kappa shape index (κ2) is 9.95. The fourth-order valence-electron chi connectivity index (χ4n) is 4.00. The highest BCUT2D eigenvalue weighted by Gasteiger charge is 2.26. The molecule has 174 valence electrons. The number of hydrogen-bond acceptors (Lipinski definition) is 5. The van der Waals surface area contributed by atoms with E-state index in [1.54, 1.807) is 60.4 Å². The number of aliphatic carboxylic acids is 1. The Hall–Kier alpha value is -3.52. The van der Waals surface area contributed by atoms with Crippen LogP contribution < -0.4 is 10.5 Å². The summed E-state index contributed by atoms with van der Waals surface area (Å²) in [5, 5.41) is 18.1. The van der Waals surface area contributed by atoms with E-state index in [1.165, 1.54) is 0 Å². The number of carbonyl (C=O) groups is 2. The van der Waals surface area contributed by atoms with Gasteiger partial charge in [0.2, 0.25) is 5.91 Å². The zero-order chi connectivity index (χ0) is 22.8. The maximum Gasteiger partial charge on any atom is 0.311 e. The van der Waals surface area contributed by atoms with E-state index in [1.807, 2.05) is 0 Å². The van der Waals surface area contributed by atoms with E-state index in [9.17, 15) is 14.7 Å². The van der Waals surface area contributed by atoms with Gasteiger partial charge in [-0.1, -0.05) is 12.1 Å². The summed E-state index contributed by atoms with van der Waals surface area (Å²) < 4.78 is 11.8. The van der Waals surface area contributed by atoms with E-state index < -0.39 is 11.9 Å². The van der Waals surface area contributed by atoms with Crippen molar-refractivity contribution in [1.29, 1.82) is 5.41 Å². The Labute approximate surface area is 197 Å². The molecule has 1 aromatic heterocycles. The van der Waals surface area contributed by atoms with Crippen molar-refractivity contribution in [2.75, 3.05) is 13.1 Å². The Kier molecular flexibility index (Phi) is 7.28. The Bertz CT molecular complexity index is 1170. The number of nitrogens with zero attached hydrogens (tertiary/aromatic N) is 1. The molecule has 1 fully saturated rings. The molecule has 3 aromatic rings. The van der Waals surface area contributed by atoms with Gasteiger partial charge in [0.05, 0.1) is 12.5 Å². The molecule has 0 saturated carbocycles. The molecule has 4 N–H and O–H groups in total. The molecule has 2 atom stereocenters. The van der Waals surface area contributed by atoms with Crippen LogP contribution in [0.1, 0.15) is 36.1 Å². The third-order valence-corrected chi connectivity index (χ3v) is 5.76. The molecule has 0 aliphatic carbocycles. The minimum Gasteiger partial charge on any atom is -0.489 e. The van der Waals surface area contributed by atoms with E-state index in [0.717, 1.165) is 11.8 Å². The van der Waals surface area contributed by atoms with E-state index >= 15 is 0 Å². The third kappa shape index (κ3) is 5.46. The maximum atomic E-state index is 12.0. The molecule has 2 heterocycles. The molecular weight excluding hydrogens is 446 g/mol. The number of halogens is 1. The van der Waals surface area contributed by atoms with Gasteiger partial charge in [0.25, 0.3) is 0 Å². The number of benzene rings is 2. The Morgan fingerprint density at radius 3 is 2.58 bits per heavy atom. The first-order valence-electron chi connectivity index (χ1n) is 10.4. The number of furan rings is 1. The number of nitrogens with one attached hydrogen (secondary N) is 1. The maximum absolute atomic E-state index is 12.0. The van der Waals surface area contributed by atoms with Crippen LogP contribution in [0.3, 0.4) is 0 Å².